The fraction of sp³-hybridized carbons (Fsp3) is 0.636. The Hall–Kier alpha value is -0.840. The van der Waals surface area contributed by atoms with Crippen molar-refractivity contribution >= 4 is 0 Å². The van der Waals surface area contributed by atoms with Gasteiger partial charge in [-0.3, -0.25) is 0 Å². The molecule has 0 radical (unpaired) electrons. The van der Waals surface area contributed by atoms with Crippen LogP contribution in [-0.4, -0.2) is 29.9 Å². The molecule has 1 rings (SSSR count). The summed E-state index contributed by atoms with van der Waals surface area (Å²) in [7, 11) is 0. The highest BCUT2D eigenvalue weighted by Crippen LogP contribution is 2.14. The molecule has 0 bridgehead atoms. The van der Waals surface area contributed by atoms with Crippen molar-refractivity contribution in [3.8, 4) is 0 Å². The number of furan rings is 1. The largest absolute Gasteiger partial charge is 0.467 e. The molecule has 15 heavy (non-hydrogen) atoms. The second-order valence-electron chi connectivity index (χ2n) is 4.48. The fourth-order valence-electron chi connectivity index (χ4n) is 1.18. The average Bonchev–Trinajstić information content (AvgIpc) is 2.70. The first-order valence-electron chi connectivity index (χ1n) is 5.08. The molecule has 0 aromatic carbocycles. The third-order valence-electron chi connectivity index (χ3n) is 2.24. The first-order valence-corrected chi connectivity index (χ1v) is 5.08. The van der Waals surface area contributed by atoms with E-state index in [1.165, 1.54) is 6.26 Å². The van der Waals surface area contributed by atoms with Gasteiger partial charge in [-0.15, -0.1) is 0 Å². The molecule has 86 valence electrons. The summed E-state index contributed by atoms with van der Waals surface area (Å²) in [5.74, 6) is 0.560. The SMILES string of the molecule is CC(C)(CO)CNCC(O)c1ccco1. The van der Waals surface area contributed by atoms with Gasteiger partial charge in [-0.05, 0) is 12.1 Å². The van der Waals surface area contributed by atoms with Crippen LogP contribution in [0, 0.1) is 5.41 Å². The van der Waals surface area contributed by atoms with Crippen LogP contribution in [-0.2, 0) is 0 Å². The number of aliphatic hydroxyl groups is 2. The highest BCUT2D eigenvalue weighted by Gasteiger charge is 2.17. The van der Waals surface area contributed by atoms with Gasteiger partial charge in [-0.1, -0.05) is 13.8 Å². The zero-order valence-corrected chi connectivity index (χ0v) is 9.23. The summed E-state index contributed by atoms with van der Waals surface area (Å²) >= 11 is 0. The number of hydrogen-bond acceptors (Lipinski definition) is 4. The van der Waals surface area contributed by atoms with Gasteiger partial charge < -0.3 is 19.9 Å². The van der Waals surface area contributed by atoms with Crippen molar-refractivity contribution in [1.29, 1.82) is 0 Å². The molecule has 0 aliphatic heterocycles. The van der Waals surface area contributed by atoms with Crippen LogP contribution >= 0.6 is 0 Å². The summed E-state index contributed by atoms with van der Waals surface area (Å²) in [5.41, 5.74) is -0.164. The monoisotopic (exact) mass is 213 g/mol. The van der Waals surface area contributed by atoms with Crippen molar-refractivity contribution in [2.24, 2.45) is 5.41 Å². The fourth-order valence-corrected chi connectivity index (χ4v) is 1.18. The van der Waals surface area contributed by atoms with E-state index < -0.39 is 6.10 Å². The van der Waals surface area contributed by atoms with E-state index in [0.717, 1.165) is 0 Å². The zero-order chi connectivity index (χ0) is 11.3. The Morgan fingerprint density at radius 2 is 2.27 bits per heavy atom. The predicted octanol–water partition coefficient (Wildman–Crippen LogP) is 0.921. The first-order chi connectivity index (χ1) is 7.05. The zero-order valence-electron chi connectivity index (χ0n) is 9.23. The van der Waals surface area contributed by atoms with Gasteiger partial charge in [0.1, 0.15) is 11.9 Å². The molecule has 4 heteroatoms. The van der Waals surface area contributed by atoms with E-state index in [4.69, 9.17) is 9.52 Å². The van der Waals surface area contributed by atoms with Crippen LogP contribution in [0.4, 0.5) is 0 Å². The number of nitrogens with one attached hydrogen (secondary N) is 1. The molecule has 0 spiro atoms. The average molecular weight is 213 g/mol. The number of rotatable bonds is 6. The third-order valence-corrected chi connectivity index (χ3v) is 2.24. The van der Waals surface area contributed by atoms with Crippen LogP contribution in [0.3, 0.4) is 0 Å². The van der Waals surface area contributed by atoms with Crippen LogP contribution in [0.15, 0.2) is 22.8 Å². The van der Waals surface area contributed by atoms with Gasteiger partial charge in [0.2, 0.25) is 0 Å². The molecule has 0 saturated heterocycles. The molecule has 0 aliphatic carbocycles. The van der Waals surface area contributed by atoms with Crippen molar-refractivity contribution in [1.82, 2.24) is 5.32 Å². The molecular formula is C11H19NO3. The molecule has 0 amide bonds. The van der Waals surface area contributed by atoms with Crippen LogP contribution in [0.25, 0.3) is 0 Å². The Bertz CT molecular complexity index is 269. The smallest absolute Gasteiger partial charge is 0.133 e. The molecule has 1 aromatic rings. The Balaban J connectivity index is 2.26. The standard InChI is InChI=1S/C11H19NO3/c1-11(2,8-13)7-12-6-9(14)10-4-3-5-15-10/h3-5,9,12-14H,6-8H2,1-2H3. The van der Waals surface area contributed by atoms with E-state index >= 15 is 0 Å². The molecular weight excluding hydrogens is 194 g/mol. The number of hydrogen-bond donors (Lipinski definition) is 3. The highest BCUT2D eigenvalue weighted by molar-refractivity contribution is 5.02. The van der Waals surface area contributed by atoms with Gasteiger partial charge in [-0.25, -0.2) is 0 Å². The summed E-state index contributed by atoms with van der Waals surface area (Å²) in [6.07, 6.45) is 0.908. The van der Waals surface area contributed by atoms with Gasteiger partial charge in [-0.2, -0.15) is 0 Å². The summed E-state index contributed by atoms with van der Waals surface area (Å²) in [6, 6.07) is 3.49. The lowest BCUT2D eigenvalue weighted by Gasteiger charge is -2.22. The third kappa shape index (κ3) is 4.03. The minimum absolute atomic E-state index is 0.122. The molecule has 3 N–H and O–H groups in total. The van der Waals surface area contributed by atoms with Gasteiger partial charge in [0.25, 0.3) is 0 Å². The van der Waals surface area contributed by atoms with Gasteiger partial charge in [0.15, 0.2) is 0 Å². The van der Waals surface area contributed by atoms with Crippen LogP contribution in [0.2, 0.25) is 0 Å². The second kappa shape index (κ2) is 5.30. The highest BCUT2D eigenvalue weighted by atomic mass is 16.4. The summed E-state index contributed by atoms with van der Waals surface area (Å²) in [4.78, 5) is 0. The van der Waals surface area contributed by atoms with Crippen LogP contribution in [0.1, 0.15) is 25.7 Å². The Morgan fingerprint density at radius 3 is 2.80 bits per heavy atom. The summed E-state index contributed by atoms with van der Waals surface area (Å²) < 4.78 is 5.06. The summed E-state index contributed by atoms with van der Waals surface area (Å²) in [5, 5.41) is 21.8. The molecule has 0 saturated carbocycles. The normalized spacial score (nSPS) is 14.1. The van der Waals surface area contributed by atoms with Crippen molar-refractivity contribution in [2.45, 2.75) is 20.0 Å². The lowest BCUT2D eigenvalue weighted by Crippen LogP contribution is -2.34. The molecule has 1 heterocycles. The van der Waals surface area contributed by atoms with Gasteiger partial charge >= 0.3 is 0 Å². The molecule has 0 aliphatic rings. The second-order valence-corrected chi connectivity index (χ2v) is 4.48. The van der Waals surface area contributed by atoms with Crippen molar-refractivity contribution in [3.63, 3.8) is 0 Å². The van der Waals surface area contributed by atoms with Gasteiger partial charge in [0, 0.05) is 25.1 Å². The van der Waals surface area contributed by atoms with Crippen LogP contribution in [0.5, 0.6) is 0 Å². The van der Waals surface area contributed by atoms with E-state index in [1.54, 1.807) is 12.1 Å². The summed E-state index contributed by atoms with van der Waals surface area (Å²) in [6.45, 7) is 5.12. The van der Waals surface area contributed by atoms with Gasteiger partial charge in [0.05, 0.1) is 6.26 Å². The molecule has 0 fully saturated rings. The number of aliphatic hydroxyl groups excluding tert-OH is 2. The molecule has 1 aromatic heterocycles. The van der Waals surface area contributed by atoms with E-state index in [-0.39, 0.29) is 12.0 Å². The predicted molar refractivity (Wildman–Crippen MR) is 57.4 cm³/mol. The van der Waals surface area contributed by atoms with Crippen molar-refractivity contribution in [2.75, 3.05) is 19.7 Å². The van der Waals surface area contributed by atoms with E-state index in [2.05, 4.69) is 5.32 Å². The first kappa shape index (κ1) is 12.2. The lowest BCUT2D eigenvalue weighted by atomic mass is 9.95. The maximum absolute atomic E-state index is 9.66. The minimum Gasteiger partial charge on any atom is -0.467 e. The molecule has 1 atom stereocenters. The van der Waals surface area contributed by atoms with E-state index in [9.17, 15) is 5.11 Å². The van der Waals surface area contributed by atoms with Crippen molar-refractivity contribution in [3.05, 3.63) is 24.2 Å². The van der Waals surface area contributed by atoms with E-state index in [1.807, 2.05) is 13.8 Å². The topological polar surface area (TPSA) is 65.6 Å². The van der Waals surface area contributed by atoms with E-state index in [0.29, 0.717) is 18.8 Å². The Labute approximate surface area is 89.9 Å². The molecule has 4 nitrogen and oxygen atoms in total. The Morgan fingerprint density at radius 1 is 1.53 bits per heavy atom. The Kier molecular flexibility index (Phi) is 4.32. The molecule has 1 unspecified atom stereocenters. The quantitative estimate of drug-likeness (QED) is 0.657. The lowest BCUT2D eigenvalue weighted by molar-refractivity contribution is 0.126. The van der Waals surface area contributed by atoms with Crippen molar-refractivity contribution < 1.29 is 14.6 Å². The maximum atomic E-state index is 9.66. The van der Waals surface area contributed by atoms with Crippen LogP contribution < -0.4 is 5.32 Å². The maximum Gasteiger partial charge on any atom is 0.133 e. The minimum atomic E-state index is -0.630.